The Balaban J connectivity index is 1.75. The van der Waals surface area contributed by atoms with Crippen molar-refractivity contribution < 1.29 is 9.59 Å². The van der Waals surface area contributed by atoms with E-state index in [4.69, 9.17) is 0 Å². The summed E-state index contributed by atoms with van der Waals surface area (Å²) in [6.45, 7) is 2.59. The molecule has 134 valence electrons. The molecule has 2 aromatic rings. The Labute approximate surface area is 162 Å². The first-order valence-electron chi connectivity index (χ1n) is 7.63. The number of amides is 3. The second kappa shape index (κ2) is 10.4. The predicted octanol–water partition coefficient (Wildman–Crippen LogP) is 3.76. The fourth-order valence-corrected chi connectivity index (χ4v) is 3.69. The minimum atomic E-state index is -0.465. The molecule has 10 heteroatoms. The molecule has 0 bridgehead atoms. The predicted molar refractivity (Wildman–Crippen MR) is 105 cm³/mol. The van der Waals surface area contributed by atoms with E-state index in [0.717, 1.165) is 23.0 Å². The number of anilines is 2. The van der Waals surface area contributed by atoms with Crippen LogP contribution >= 0.6 is 39.0 Å². The first-order chi connectivity index (χ1) is 12.1. The van der Waals surface area contributed by atoms with Gasteiger partial charge in [-0.2, -0.15) is 0 Å². The van der Waals surface area contributed by atoms with Gasteiger partial charge < -0.3 is 10.6 Å². The van der Waals surface area contributed by atoms with Crippen molar-refractivity contribution in [2.24, 2.45) is 0 Å². The van der Waals surface area contributed by atoms with Gasteiger partial charge in [0.05, 0.1) is 5.75 Å². The van der Waals surface area contributed by atoms with Crippen molar-refractivity contribution in [2.45, 2.75) is 24.1 Å². The van der Waals surface area contributed by atoms with Crippen LogP contribution in [0.3, 0.4) is 0 Å². The van der Waals surface area contributed by atoms with E-state index in [1.54, 1.807) is 0 Å². The van der Waals surface area contributed by atoms with E-state index in [-0.39, 0.29) is 11.7 Å². The number of aromatic nitrogens is 2. The van der Waals surface area contributed by atoms with E-state index >= 15 is 0 Å². The van der Waals surface area contributed by atoms with Crippen LogP contribution in [0.1, 0.15) is 19.8 Å². The Morgan fingerprint density at radius 1 is 1.32 bits per heavy atom. The number of hydrogen-bond donors (Lipinski definition) is 3. The molecule has 1 aromatic carbocycles. The van der Waals surface area contributed by atoms with Crippen LogP contribution in [0, 0.1) is 0 Å². The number of carbonyl (C=O) groups excluding carboxylic acids is 2. The van der Waals surface area contributed by atoms with E-state index in [2.05, 4.69) is 42.1 Å². The second-order valence-electron chi connectivity index (χ2n) is 4.95. The maximum atomic E-state index is 11.7. The third-order valence-corrected chi connectivity index (χ3v) is 5.34. The summed E-state index contributed by atoms with van der Waals surface area (Å²) < 4.78 is 1.62. The normalized spacial score (nSPS) is 10.3. The number of benzene rings is 1. The fourth-order valence-electron chi connectivity index (χ4n) is 1.72. The molecule has 3 N–H and O–H groups in total. The van der Waals surface area contributed by atoms with Crippen molar-refractivity contribution in [3.63, 3.8) is 0 Å². The highest BCUT2D eigenvalue weighted by Gasteiger charge is 2.11. The van der Waals surface area contributed by atoms with Crippen molar-refractivity contribution in [2.75, 3.05) is 17.6 Å². The van der Waals surface area contributed by atoms with Crippen LogP contribution in [-0.2, 0) is 4.79 Å². The van der Waals surface area contributed by atoms with Crippen molar-refractivity contribution in [1.29, 1.82) is 0 Å². The molecule has 0 spiro atoms. The first-order valence-corrected chi connectivity index (χ1v) is 10.2. The third-order valence-electron chi connectivity index (χ3n) is 2.88. The van der Waals surface area contributed by atoms with Gasteiger partial charge in [0.2, 0.25) is 11.0 Å². The molecule has 7 nitrogen and oxygen atoms in total. The molecule has 0 saturated heterocycles. The molecule has 0 fully saturated rings. The van der Waals surface area contributed by atoms with E-state index in [9.17, 15) is 9.59 Å². The van der Waals surface area contributed by atoms with Gasteiger partial charge in [0.15, 0.2) is 4.34 Å². The number of halogens is 1. The molecule has 0 aliphatic rings. The van der Waals surface area contributed by atoms with Crippen LogP contribution in [0.4, 0.5) is 15.6 Å². The number of imide groups is 1. The number of nitrogens with one attached hydrogen (secondary N) is 3. The summed E-state index contributed by atoms with van der Waals surface area (Å²) in [5.74, 6) is -0.261. The minimum absolute atomic E-state index is 0.104. The Bertz CT molecular complexity index is 725. The average Bonchev–Trinajstić information content (AvgIpc) is 3.01. The molecule has 3 amide bonds. The van der Waals surface area contributed by atoms with E-state index < -0.39 is 6.03 Å². The fraction of sp³-hybridized carbons (Fsp3) is 0.333. The molecule has 0 unspecified atom stereocenters. The lowest BCUT2D eigenvalue weighted by Crippen LogP contribution is -2.40. The van der Waals surface area contributed by atoms with Gasteiger partial charge in [0, 0.05) is 16.7 Å². The number of hydrogen-bond acceptors (Lipinski definition) is 7. The zero-order valence-corrected chi connectivity index (χ0v) is 16.8. The first kappa shape index (κ1) is 19.7. The molecule has 0 aliphatic heterocycles. The highest BCUT2D eigenvalue weighted by atomic mass is 79.9. The summed E-state index contributed by atoms with van der Waals surface area (Å²) in [5.41, 5.74) is 0.892. The summed E-state index contributed by atoms with van der Waals surface area (Å²) in [5, 5.41) is 16.8. The Morgan fingerprint density at radius 3 is 2.92 bits per heavy atom. The summed E-state index contributed by atoms with van der Waals surface area (Å²) >= 11 is 5.99. The molecule has 2 rings (SSSR count). The van der Waals surface area contributed by atoms with Crippen LogP contribution in [0.5, 0.6) is 0 Å². The lowest BCUT2D eigenvalue weighted by molar-refractivity contribution is -0.117. The van der Waals surface area contributed by atoms with Gasteiger partial charge in [-0.25, -0.2) is 4.79 Å². The number of nitrogens with zero attached hydrogens (tertiary/aromatic N) is 2. The SMILES string of the molecule is CCCCNC(=O)NC(=O)CSc1nnc(Nc2cccc(Br)c2)s1. The Hall–Kier alpha value is -1.65. The molecule has 1 heterocycles. The van der Waals surface area contributed by atoms with E-state index in [0.29, 0.717) is 16.0 Å². The van der Waals surface area contributed by atoms with Crippen molar-refractivity contribution in [3.8, 4) is 0 Å². The number of unbranched alkanes of at least 4 members (excludes halogenated alkanes) is 1. The molecule has 0 atom stereocenters. The van der Waals surface area contributed by atoms with Gasteiger partial charge in [-0.15, -0.1) is 10.2 Å². The van der Waals surface area contributed by atoms with Crippen molar-refractivity contribution in [1.82, 2.24) is 20.8 Å². The number of thioether (sulfide) groups is 1. The molecule has 1 aromatic heterocycles. The maximum Gasteiger partial charge on any atom is 0.321 e. The van der Waals surface area contributed by atoms with Gasteiger partial charge in [0.1, 0.15) is 0 Å². The summed E-state index contributed by atoms with van der Waals surface area (Å²) in [7, 11) is 0. The van der Waals surface area contributed by atoms with Crippen molar-refractivity contribution in [3.05, 3.63) is 28.7 Å². The van der Waals surface area contributed by atoms with Crippen molar-refractivity contribution >= 4 is 61.8 Å². The highest BCUT2D eigenvalue weighted by molar-refractivity contribution is 9.10. The van der Waals surface area contributed by atoms with Gasteiger partial charge in [0.25, 0.3) is 0 Å². The monoisotopic (exact) mass is 443 g/mol. The van der Waals surface area contributed by atoms with Crippen LogP contribution in [0.2, 0.25) is 0 Å². The highest BCUT2D eigenvalue weighted by Crippen LogP contribution is 2.28. The smallest absolute Gasteiger partial charge is 0.321 e. The van der Waals surface area contributed by atoms with E-state index in [1.165, 1.54) is 23.1 Å². The summed E-state index contributed by atoms with van der Waals surface area (Å²) in [4.78, 5) is 23.2. The van der Waals surface area contributed by atoms with Crippen LogP contribution in [0.15, 0.2) is 33.1 Å². The van der Waals surface area contributed by atoms with Gasteiger partial charge in [-0.1, -0.05) is 58.4 Å². The molecule has 0 saturated carbocycles. The standard InChI is InChI=1S/C15H18BrN5O2S2/c1-2-3-7-17-13(23)19-12(22)9-24-15-21-20-14(25-15)18-11-6-4-5-10(16)8-11/h4-6,8H,2-3,7,9H2,1H3,(H,18,20)(H2,17,19,22,23). The zero-order chi connectivity index (χ0) is 18.1. The van der Waals surface area contributed by atoms with E-state index in [1.807, 2.05) is 31.2 Å². The summed E-state index contributed by atoms with van der Waals surface area (Å²) in [6.07, 6.45) is 1.87. The number of urea groups is 1. The Morgan fingerprint density at radius 2 is 2.16 bits per heavy atom. The molecule has 25 heavy (non-hydrogen) atoms. The van der Waals surface area contributed by atoms with Crippen LogP contribution in [-0.4, -0.2) is 34.4 Å². The Kier molecular flexibility index (Phi) is 8.16. The molecular weight excluding hydrogens is 426 g/mol. The maximum absolute atomic E-state index is 11.7. The van der Waals surface area contributed by atoms with Gasteiger partial charge in [-0.05, 0) is 24.6 Å². The largest absolute Gasteiger partial charge is 0.338 e. The lowest BCUT2D eigenvalue weighted by atomic mass is 10.3. The second-order valence-corrected chi connectivity index (χ2v) is 8.07. The topological polar surface area (TPSA) is 96.0 Å². The zero-order valence-electron chi connectivity index (χ0n) is 13.5. The molecule has 0 radical (unpaired) electrons. The van der Waals surface area contributed by atoms with Crippen LogP contribution < -0.4 is 16.0 Å². The quantitative estimate of drug-likeness (QED) is 0.424. The molecule has 0 aliphatic carbocycles. The number of rotatable bonds is 8. The lowest BCUT2D eigenvalue weighted by Gasteiger charge is -2.05. The van der Waals surface area contributed by atoms with Crippen LogP contribution in [0.25, 0.3) is 0 Å². The minimum Gasteiger partial charge on any atom is -0.338 e. The molecular formula is C15H18BrN5O2S2. The average molecular weight is 444 g/mol. The summed E-state index contributed by atoms with van der Waals surface area (Å²) in [6, 6.07) is 7.23. The van der Waals surface area contributed by atoms with Gasteiger partial charge in [-0.3, -0.25) is 10.1 Å². The third kappa shape index (κ3) is 7.41. The number of carbonyl (C=O) groups is 2. The van der Waals surface area contributed by atoms with Gasteiger partial charge >= 0.3 is 6.03 Å².